The maximum absolute atomic E-state index is 12.7. The lowest BCUT2D eigenvalue weighted by Crippen LogP contribution is -2.42. The van der Waals surface area contributed by atoms with Gasteiger partial charge in [-0.3, -0.25) is 9.59 Å². The first kappa shape index (κ1) is 19.2. The summed E-state index contributed by atoms with van der Waals surface area (Å²) >= 11 is 0. The molecule has 1 unspecified atom stereocenters. The van der Waals surface area contributed by atoms with Gasteiger partial charge in [-0.1, -0.05) is 12.1 Å². The van der Waals surface area contributed by atoms with Crippen LogP contribution in [0.5, 0.6) is 0 Å². The number of nitrogens with zero attached hydrogens (tertiary/aromatic N) is 1. The van der Waals surface area contributed by atoms with Crippen molar-refractivity contribution in [1.29, 1.82) is 0 Å². The van der Waals surface area contributed by atoms with Crippen molar-refractivity contribution in [3.05, 3.63) is 59.5 Å². The van der Waals surface area contributed by atoms with Crippen LogP contribution in [0.3, 0.4) is 0 Å². The topological polar surface area (TPSA) is 50.5 Å². The summed E-state index contributed by atoms with van der Waals surface area (Å²) in [5.74, 6) is 0.0874. The zero-order valence-electron chi connectivity index (χ0n) is 14.7. The van der Waals surface area contributed by atoms with Crippen molar-refractivity contribution >= 4 is 11.7 Å². The summed E-state index contributed by atoms with van der Waals surface area (Å²) in [7, 11) is 0. The van der Waals surface area contributed by atoms with Gasteiger partial charge in [0.25, 0.3) is 0 Å². The number of hydrogen-bond acceptors (Lipinski definition) is 3. The summed E-state index contributed by atoms with van der Waals surface area (Å²) < 4.78 is 43.2. The number of alkyl halides is 3. The number of furan rings is 1. The van der Waals surface area contributed by atoms with Crippen LogP contribution in [0.25, 0.3) is 0 Å². The Morgan fingerprint density at radius 3 is 2.52 bits per heavy atom. The van der Waals surface area contributed by atoms with Gasteiger partial charge in [0.1, 0.15) is 5.76 Å². The number of ketones is 1. The second-order valence-corrected chi connectivity index (χ2v) is 6.70. The molecule has 1 aliphatic rings. The van der Waals surface area contributed by atoms with Crippen LogP contribution in [0, 0.1) is 5.92 Å². The lowest BCUT2D eigenvalue weighted by Gasteiger charge is -2.32. The summed E-state index contributed by atoms with van der Waals surface area (Å²) in [4.78, 5) is 26.7. The van der Waals surface area contributed by atoms with Crippen molar-refractivity contribution in [2.75, 3.05) is 13.1 Å². The Morgan fingerprint density at radius 1 is 1.15 bits per heavy atom. The third-order valence-corrected chi connectivity index (χ3v) is 4.81. The van der Waals surface area contributed by atoms with Gasteiger partial charge in [-0.2, -0.15) is 13.2 Å². The molecule has 0 N–H and O–H groups in total. The van der Waals surface area contributed by atoms with Crippen molar-refractivity contribution in [2.45, 2.75) is 31.9 Å². The van der Waals surface area contributed by atoms with Crippen LogP contribution in [0.2, 0.25) is 0 Å². The molecule has 1 amide bonds. The van der Waals surface area contributed by atoms with E-state index >= 15 is 0 Å². The number of carbonyl (C=O) groups is 2. The van der Waals surface area contributed by atoms with Crippen LogP contribution >= 0.6 is 0 Å². The van der Waals surface area contributed by atoms with Crippen LogP contribution in [0.1, 0.15) is 40.9 Å². The number of hydrogen-bond donors (Lipinski definition) is 0. The van der Waals surface area contributed by atoms with E-state index < -0.39 is 11.7 Å². The fourth-order valence-electron chi connectivity index (χ4n) is 3.32. The molecule has 0 aliphatic carbocycles. The molecule has 2 heterocycles. The molecule has 144 valence electrons. The van der Waals surface area contributed by atoms with E-state index in [1.54, 1.807) is 23.3 Å². The highest BCUT2D eigenvalue weighted by Gasteiger charge is 2.32. The number of amides is 1. The van der Waals surface area contributed by atoms with E-state index in [9.17, 15) is 22.8 Å². The lowest BCUT2D eigenvalue weighted by atomic mass is 9.89. The van der Waals surface area contributed by atoms with E-state index in [1.807, 2.05) is 0 Å². The Morgan fingerprint density at radius 2 is 1.89 bits per heavy atom. The van der Waals surface area contributed by atoms with Crippen LogP contribution in [0.4, 0.5) is 13.2 Å². The molecule has 1 fully saturated rings. The number of rotatable bonds is 5. The number of likely N-dealkylation sites (tertiary alicyclic amines) is 1. The zero-order chi connectivity index (χ0) is 19.4. The van der Waals surface area contributed by atoms with E-state index in [0.29, 0.717) is 38.8 Å². The van der Waals surface area contributed by atoms with Gasteiger partial charge in [0.2, 0.25) is 5.91 Å². The Bertz CT molecular complexity index is 782. The minimum Gasteiger partial charge on any atom is -0.469 e. The monoisotopic (exact) mass is 379 g/mol. The molecule has 0 spiro atoms. The molecule has 1 aliphatic heterocycles. The van der Waals surface area contributed by atoms with Crippen molar-refractivity contribution in [3.63, 3.8) is 0 Å². The number of carbonyl (C=O) groups excluding carboxylic acids is 2. The van der Waals surface area contributed by atoms with Crippen LogP contribution < -0.4 is 0 Å². The Kier molecular flexibility index (Phi) is 5.68. The quantitative estimate of drug-likeness (QED) is 0.726. The molecule has 4 nitrogen and oxygen atoms in total. The second kappa shape index (κ2) is 7.98. The first-order valence-electron chi connectivity index (χ1n) is 8.86. The van der Waals surface area contributed by atoms with Crippen LogP contribution in [-0.4, -0.2) is 29.7 Å². The number of piperidine rings is 1. The summed E-state index contributed by atoms with van der Waals surface area (Å²) in [5.41, 5.74) is -0.532. The lowest BCUT2D eigenvalue weighted by molar-refractivity contribution is -0.137. The Labute approximate surface area is 155 Å². The number of aryl methyl sites for hydroxylation is 1. The standard InChI is InChI=1S/C20H20F3NO3/c21-20(22,23)16-7-5-14(6-8-16)19(26)15-3-1-11-24(13-15)18(25)10-9-17-4-2-12-27-17/h2,4-8,12,15H,1,3,9-11,13H2. The highest BCUT2D eigenvalue weighted by molar-refractivity contribution is 5.98. The van der Waals surface area contributed by atoms with E-state index in [0.717, 1.165) is 17.9 Å². The molecular weight excluding hydrogens is 359 g/mol. The van der Waals surface area contributed by atoms with E-state index in [4.69, 9.17) is 4.42 Å². The Hall–Kier alpha value is -2.57. The first-order chi connectivity index (χ1) is 12.8. The molecule has 2 aromatic rings. The third kappa shape index (κ3) is 4.78. The normalized spacial score (nSPS) is 17.7. The number of Topliss-reactive ketones (excluding diaryl/α,β-unsaturated/α-hetero) is 1. The molecular formula is C20H20F3NO3. The van der Waals surface area contributed by atoms with Gasteiger partial charge in [0.05, 0.1) is 11.8 Å². The van der Waals surface area contributed by atoms with Crippen molar-refractivity contribution in [2.24, 2.45) is 5.92 Å². The highest BCUT2D eigenvalue weighted by atomic mass is 19.4. The smallest absolute Gasteiger partial charge is 0.416 e. The largest absolute Gasteiger partial charge is 0.469 e. The van der Waals surface area contributed by atoms with Gasteiger partial charge in [-0.15, -0.1) is 0 Å². The SMILES string of the molecule is O=C(c1ccc(C(F)(F)F)cc1)C1CCCN(C(=O)CCc2ccco2)C1. The molecule has 0 radical (unpaired) electrons. The first-order valence-corrected chi connectivity index (χ1v) is 8.86. The number of halogens is 3. The van der Waals surface area contributed by atoms with E-state index in [2.05, 4.69) is 0 Å². The average Bonchev–Trinajstić information content (AvgIpc) is 3.18. The average molecular weight is 379 g/mol. The maximum atomic E-state index is 12.7. The maximum Gasteiger partial charge on any atom is 0.416 e. The van der Waals surface area contributed by atoms with Crippen LogP contribution in [-0.2, 0) is 17.4 Å². The molecule has 1 aromatic heterocycles. The molecule has 27 heavy (non-hydrogen) atoms. The third-order valence-electron chi connectivity index (χ3n) is 4.81. The van der Waals surface area contributed by atoms with Gasteiger partial charge >= 0.3 is 6.18 Å². The minimum absolute atomic E-state index is 0.0451. The molecule has 1 aromatic carbocycles. The highest BCUT2D eigenvalue weighted by Crippen LogP contribution is 2.30. The van der Waals surface area contributed by atoms with Gasteiger partial charge in [0, 0.05) is 37.4 Å². The van der Waals surface area contributed by atoms with Gasteiger partial charge < -0.3 is 9.32 Å². The Balaban J connectivity index is 1.59. The van der Waals surface area contributed by atoms with Crippen molar-refractivity contribution in [1.82, 2.24) is 4.90 Å². The number of benzene rings is 1. The molecule has 1 saturated heterocycles. The van der Waals surface area contributed by atoms with Crippen molar-refractivity contribution in [3.8, 4) is 0 Å². The predicted molar refractivity (Wildman–Crippen MR) is 92.1 cm³/mol. The predicted octanol–water partition coefficient (Wildman–Crippen LogP) is 4.35. The summed E-state index contributed by atoms with van der Waals surface area (Å²) in [5, 5.41) is 0. The summed E-state index contributed by atoms with van der Waals surface area (Å²) in [6, 6.07) is 7.83. The summed E-state index contributed by atoms with van der Waals surface area (Å²) in [6.07, 6.45) is -0.747. The molecule has 0 bridgehead atoms. The second-order valence-electron chi connectivity index (χ2n) is 6.70. The minimum atomic E-state index is -4.43. The van der Waals surface area contributed by atoms with E-state index in [-0.39, 0.29) is 23.2 Å². The van der Waals surface area contributed by atoms with Gasteiger partial charge in [-0.05, 0) is 37.1 Å². The fraction of sp³-hybridized carbons (Fsp3) is 0.400. The molecule has 3 rings (SSSR count). The molecule has 0 saturated carbocycles. The van der Waals surface area contributed by atoms with Crippen LogP contribution in [0.15, 0.2) is 47.1 Å². The van der Waals surface area contributed by atoms with Gasteiger partial charge in [0.15, 0.2) is 5.78 Å². The van der Waals surface area contributed by atoms with Crippen molar-refractivity contribution < 1.29 is 27.2 Å². The molecule has 7 heteroatoms. The van der Waals surface area contributed by atoms with E-state index in [1.165, 1.54) is 12.1 Å². The molecule has 1 atom stereocenters. The van der Waals surface area contributed by atoms with Gasteiger partial charge in [-0.25, -0.2) is 0 Å². The zero-order valence-corrected chi connectivity index (χ0v) is 14.7. The summed E-state index contributed by atoms with van der Waals surface area (Å²) in [6.45, 7) is 0.893. The fourth-order valence-corrected chi connectivity index (χ4v) is 3.32.